The van der Waals surface area contributed by atoms with Crippen LogP contribution in [-0.2, 0) is 0 Å². The Labute approximate surface area is 69.5 Å². The Bertz CT molecular complexity index is 146. The predicted octanol–water partition coefficient (Wildman–Crippen LogP) is 0.746. The molecule has 0 radical (unpaired) electrons. The zero-order valence-electron chi connectivity index (χ0n) is 6.91. The standard InChI is InChI=1S/C7H13F3N2/c1-11-4-6-5(2-3-12-6)7(8,9)10/h5-6,11-12H,2-4H2,1H3. The average molecular weight is 182 g/mol. The van der Waals surface area contributed by atoms with Gasteiger partial charge in [0.2, 0.25) is 0 Å². The minimum Gasteiger partial charge on any atom is -0.318 e. The molecule has 1 aliphatic heterocycles. The molecule has 2 atom stereocenters. The highest BCUT2D eigenvalue weighted by Gasteiger charge is 2.46. The summed E-state index contributed by atoms with van der Waals surface area (Å²) in [4.78, 5) is 0. The van der Waals surface area contributed by atoms with Crippen molar-refractivity contribution >= 4 is 0 Å². The molecule has 1 heterocycles. The van der Waals surface area contributed by atoms with Gasteiger partial charge >= 0.3 is 6.18 Å². The first-order chi connectivity index (χ1) is 5.55. The Morgan fingerprint density at radius 1 is 1.50 bits per heavy atom. The van der Waals surface area contributed by atoms with Gasteiger partial charge < -0.3 is 10.6 Å². The summed E-state index contributed by atoms with van der Waals surface area (Å²) in [5.41, 5.74) is 0. The summed E-state index contributed by atoms with van der Waals surface area (Å²) in [6.45, 7) is 0.848. The van der Waals surface area contributed by atoms with Crippen LogP contribution in [0.15, 0.2) is 0 Å². The van der Waals surface area contributed by atoms with E-state index in [1.165, 1.54) is 0 Å². The van der Waals surface area contributed by atoms with Gasteiger partial charge in [-0.25, -0.2) is 0 Å². The molecule has 0 aliphatic carbocycles. The number of hydrogen-bond acceptors (Lipinski definition) is 2. The summed E-state index contributed by atoms with van der Waals surface area (Å²) in [6.07, 6.45) is -3.85. The molecule has 12 heavy (non-hydrogen) atoms. The summed E-state index contributed by atoms with van der Waals surface area (Å²) in [7, 11) is 1.66. The Morgan fingerprint density at radius 2 is 2.17 bits per heavy atom. The summed E-state index contributed by atoms with van der Waals surface area (Å²) in [6, 6.07) is -0.449. The highest BCUT2D eigenvalue weighted by Crippen LogP contribution is 2.33. The summed E-state index contributed by atoms with van der Waals surface area (Å²) >= 11 is 0. The Balaban J connectivity index is 2.52. The van der Waals surface area contributed by atoms with Gasteiger partial charge in [0.05, 0.1) is 5.92 Å². The Morgan fingerprint density at radius 3 is 2.67 bits per heavy atom. The van der Waals surface area contributed by atoms with Gasteiger partial charge in [-0.15, -0.1) is 0 Å². The molecule has 0 aromatic rings. The van der Waals surface area contributed by atoms with Crippen molar-refractivity contribution < 1.29 is 13.2 Å². The fourth-order valence-electron chi connectivity index (χ4n) is 1.59. The van der Waals surface area contributed by atoms with Gasteiger partial charge in [-0.3, -0.25) is 0 Å². The lowest BCUT2D eigenvalue weighted by atomic mass is 10.0. The van der Waals surface area contributed by atoms with E-state index in [0.29, 0.717) is 13.1 Å². The first-order valence-electron chi connectivity index (χ1n) is 4.00. The average Bonchev–Trinajstić information content (AvgIpc) is 2.34. The summed E-state index contributed by atoms with van der Waals surface area (Å²) in [5, 5.41) is 5.58. The third kappa shape index (κ3) is 2.10. The molecule has 0 bridgehead atoms. The van der Waals surface area contributed by atoms with Crippen LogP contribution in [0, 0.1) is 5.92 Å². The second-order valence-electron chi connectivity index (χ2n) is 3.06. The second-order valence-corrected chi connectivity index (χ2v) is 3.06. The van der Waals surface area contributed by atoms with Crippen LogP contribution < -0.4 is 10.6 Å². The highest BCUT2D eigenvalue weighted by atomic mass is 19.4. The van der Waals surface area contributed by atoms with E-state index in [9.17, 15) is 13.2 Å². The quantitative estimate of drug-likeness (QED) is 0.658. The van der Waals surface area contributed by atoms with Gasteiger partial charge in [-0.1, -0.05) is 0 Å². The number of nitrogens with one attached hydrogen (secondary N) is 2. The third-order valence-electron chi connectivity index (χ3n) is 2.19. The SMILES string of the molecule is CNCC1NCCC1C(F)(F)F. The van der Waals surface area contributed by atoms with Crippen LogP contribution in [0.25, 0.3) is 0 Å². The predicted molar refractivity (Wildman–Crippen MR) is 39.9 cm³/mol. The van der Waals surface area contributed by atoms with E-state index < -0.39 is 18.1 Å². The first kappa shape index (κ1) is 9.80. The van der Waals surface area contributed by atoms with E-state index in [4.69, 9.17) is 0 Å². The molecule has 5 heteroatoms. The molecule has 2 unspecified atom stereocenters. The van der Waals surface area contributed by atoms with Crippen molar-refractivity contribution in [1.82, 2.24) is 10.6 Å². The number of halogens is 3. The molecule has 1 fully saturated rings. The smallest absolute Gasteiger partial charge is 0.318 e. The number of alkyl halides is 3. The van der Waals surface area contributed by atoms with E-state index in [1.807, 2.05) is 0 Å². The lowest BCUT2D eigenvalue weighted by Gasteiger charge is -2.21. The first-order valence-corrected chi connectivity index (χ1v) is 4.00. The molecule has 1 aliphatic rings. The molecular weight excluding hydrogens is 169 g/mol. The second kappa shape index (κ2) is 3.62. The van der Waals surface area contributed by atoms with Crippen LogP contribution in [0.3, 0.4) is 0 Å². The summed E-state index contributed by atoms with van der Waals surface area (Å²) in [5.74, 6) is -1.18. The monoisotopic (exact) mass is 182 g/mol. The Hall–Kier alpha value is -0.290. The molecule has 72 valence electrons. The number of rotatable bonds is 2. The molecule has 2 nitrogen and oxygen atoms in total. The van der Waals surface area contributed by atoms with E-state index in [2.05, 4.69) is 10.6 Å². The molecule has 0 aromatic heterocycles. The normalized spacial score (nSPS) is 31.0. The van der Waals surface area contributed by atoms with Gasteiger partial charge in [-0.2, -0.15) is 13.2 Å². The minimum absolute atomic E-state index is 0.204. The van der Waals surface area contributed by atoms with Crippen molar-refractivity contribution in [2.24, 2.45) is 5.92 Å². The zero-order chi connectivity index (χ0) is 9.19. The lowest BCUT2D eigenvalue weighted by Crippen LogP contribution is -2.42. The van der Waals surface area contributed by atoms with Crippen LogP contribution in [0.2, 0.25) is 0 Å². The molecule has 1 rings (SSSR count). The summed E-state index contributed by atoms with van der Waals surface area (Å²) < 4.78 is 36.8. The minimum atomic E-state index is -4.05. The molecule has 0 spiro atoms. The molecule has 0 amide bonds. The largest absolute Gasteiger partial charge is 0.393 e. The fourth-order valence-corrected chi connectivity index (χ4v) is 1.59. The van der Waals surface area contributed by atoms with Crippen LogP contribution in [0.1, 0.15) is 6.42 Å². The van der Waals surface area contributed by atoms with Crippen molar-refractivity contribution in [3.8, 4) is 0 Å². The maximum Gasteiger partial charge on any atom is 0.393 e. The molecular formula is C7H13F3N2. The number of likely N-dealkylation sites (N-methyl/N-ethyl adjacent to an activating group) is 1. The van der Waals surface area contributed by atoms with Crippen molar-refractivity contribution in [3.63, 3.8) is 0 Å². The van der Waals surface area contributed by atoms with Crippen molar-refractivity contribution in [1.29, 1.82) is 0 Å². The topological polar surface area (TPSA) is 24.1 Å². The van der Waals surface area contributed by atoms with Crippen LogP contribution in [0.5, 0.6) is 0 Å². The van der Waals surface area contributed by atoms with Crippen LogP contribution >= 0.6 is 0 Å². The molecule has 0 aromatic carbocycles. The van der Waals surface area contributed by atoms with Gasteiger partial charge in [0.1, 0.15) is 0 Å². The maximum absolute atomic E-state index is 12.3. The lowest BCUT2D eigenvalue weighted by molar-refractivity contribution is -0.176. The Kier molecular flexibility index (Phi) is 2.95. The van der Waals surface area contributed by atoms with Gasteiger partial charge in [0.25, 0.3) is 0 Å². The van der Waals surface area contributed by atoms with E-state index in [-0.39, 0.29) is 6.42 Å². The highest BCUT2D eigenvalue weighted by molar-refractivity contribution is 4.88. The number of hydrogen-bond donors (Lipinski definition) is 2. The van der Waals surface area contributed by atoms with E-state index >= 15 is 0 Å². The van der Waals surface area contributed by atoms with E-state index in [0.717, 1.165) is 0 Å². The van der Waals surface area contributed by atoms with Crippen molar-refractivity contribution in [3.05, 3.63) is 0 Å². The molecule has 2 N–H and O–H groups in total. The van der Waals surface area contributed by atoms with Crippen LogP contribution in [0.4, 0.5) is 13.2 Å². The maximum atomic E-state index is 12.3. The van der Waals surface area contributed by atoms with Crippen LogP contribution in [-0.4, -0.2) is 32.4 Å². The third-order valence-corrected chi connectivity index (χ3v) is 2.19. The molecule has 0 saturated carbocycles. The zero-order valence-corrected chi connectivity index (χ0v) is 6.91. The van der Waals surface area contributed by atoms with E-state index in [1.54, 1.807) is 7.05 Å². The van der Waals surface area contributed by atoms with Gasteiger partial charge in [0, 0.05) is 12.6 Å². The van der Waals surface area contributed by atoms with Crippen molar-refractivity contribution in [2.75, 3.05) is 20.1 Å². The van der Waals surface area contributed by atoms with Gasteiger partial charge in [0.15, 0.2) is 0 Å². The molecule has 1 saturated heterocycles. The van der Waals surface area contributed by atoms with Crippen molar-refractivity contribution in [2.45, 2.75) is 18.6 Å². The van der Waals surface area contributed by atoms with Gasteiger partial charge in [-0.05, 0) is 20.0 Å². The fraction of sp³-hybridized carbons (Fsp3) is 1.00.